The largest absolute Gasteiger partial charge is 0.394 e. The molecule has 0 amide bonds. The maximum atomic E-state index is 10.7. The first-order valence-electron chi connectivity index (χ1n) is 5.97. The minimum absolute atomic E-state index is 0.0173. The molecule has 0 spiro atoms. The van der Waals surface area contributed by atoms with Crippen LogP contribution in [0.25, 0.3) is 0 Å². The molecule has 0 aliphatic carbocycles. The molecule has 7 heteroatoms. The van der Waals surface area contributed by atoms with E-state index in [4.69, 9.17) is 4.74 Å². The third-order valence-electron chi connectivity index (χ3n) is 3.32. The molecule has 0 bridgehead atoms. The molecular formula is C12H15IN2O4. The molecule has 1 aliphatic heterocycles. The van der Waals surface area contributed by atoms with Crippen LogP contribution in [-0.2, 0) is 4.74 Å². The van der Waals surface area contributed by atoms with E-state index in [0.717, 1.165) is 22.1 Å². The van der Waals surface area contributed by atoms with E-state index >= 15 is 0 Å². The van der Waals surface area contributed by atoms with Crippen LogP contribution in [0.3, 0.4) is 0 Å². The van der Waals surface area contributed by atoms with Crippen LogP contribution in [0.15, 0.2) is 18.2 Å². The lowest BCUT2D eigenvalue weighted by Crippen LogP contribution is -2.47. The van der Waals surface area contributed by atoms with E-state index in [1.807, 2.05) is 0 Å². The topological polar surface area (TPSA) is 84.6 Å². The molecule has 1 aromatic rings. The van der Waals surface area contributed by atoms with Gasteiger partial charge in [0, 0.05) is 34.6 Å². The van der Waals surface area contributed by atoms with Gasteiger partial charge in [0.15, 0.2) is 0 Å². The fourth-order valence-electron chi connectivity index (χ4n) is 2.09. The zero-order chi connectivity index (χ0) is 13.9. The van der Waals surface area contributed by atoms with Gasteiger partial charge in [0.2, 0.25) is 0 Å². The van der Waals surface area contributed by atoms with Gasteiger partial charge in [0.1, 0.15) is 0 Å². The molecule has 2 rings (SSSR count). The van der Waals surface area contributed by atoms with Gasteiger partial charge >= 0.3 is 0 Å². The second-order valence-corrected chi connectivity index (χ2v) is 5.76. The van der Waals surface area contributed by atoms with Crippen molar-refractivity contribution in [3.8, 4) is 0 Å². The van der Waals surface area contributed by atoms with E-state index in [0.29, 0.717) is 13.2 Å². The normalized spacial score (nSPS) is 18.0. The van der Waals surface area contributed by atoms with Crippen molar-refractivity contribution in [2.24, 2.45) is 0 Å². The summed E-state index contributed by atoms with van der Waals surface area (Å²) in [7, 11) is 0. The first-order chi connectivity index (χ1) is 9.06. The van der Waals surface area contributed by atoms with Crippen molar-refractivity contribution in [3.63, 3.8) is 0 Å². The van der Waals surface area contributed by atoms with E-state index < -0.39 is 10.5 Å². The highest BCUT2D eigenvalue weighted by atomic mass is 127. The van der Waals surface area contributed by atoms with Crippen LogP contribution in [-0.4, -0.2) is 35.4 Å². The average molecular weight is 378 g/mol. The van der Waals surface area contributed by atoms with E-state index in [1.165, 1.54) is 12.1 Å². The van der Waals surface area contributed by atoms with Gasteiger partial charge in [0.05, 0.1) is 17.1 Å². The number of nitro groups is 1. The van der Waals surface area contributed by atoms with Crippen LogP contribution in [0, 0.1) is 13.7 Å². The van der Waals surface area contributed by atoms with Gasteiger partial charge in [-0.05, 0) is 41.5 Å². The molecule has 1 fully saturated rings. The lowest BCUT2D eigenvalue weighted by Gasteiger charge is -2.37. The summed E-state index contributed by atoms with van der Waals surface area (Å²) in [5.74, 6) is 0. The standard InChI is InChI=1S/C12H15IN2O4/c13-10-7-9(15(17)18)1-2-11(10)14-12(8-16)3-5-19-6-4-12/h1-2,7,14,16H,3-6,8H2. The Morgan fingerprint density at radius 3 is 2.68 bits per heavy atom. The number of non-ortho nitro benzene ring substituents is 1. The Bertz CT molecular complexity index is 475. The Balaban J connectivity index is 2.20. The lowest BCUT2D eigenvalue weighted by atomic mass is 9.90. The molecule has 1 heterocycles. The van der Waals surface area contributed by atoms with Crippen LogP contribution in [0.1, 0.15) is 12.8 Å². The van der Waals surface area contributed by atoms with Crippen LogP contribution >= 0.6 is 22.6 Å². The number of anilines is 1. The fourth-order valence-corrected chi connectivity index (χ4v) is 2.72. The number of ether oxygens (including phenoxy) is 1. The molecular weight excluding hydrogens is 363 g/mol. The monoisotopic (exact) mass is 378 g/mol. The molecule has 0 saturated carbocycles. The number of aliphatic hydroxyl groups excluding tert-OH is 1. The maximum Gasteiger partial charge on any atom is 0.270 e. The molecule has 1 aliphatic rings. The minimum atomic E-state index is -0.414. The van der Waals surface area contributed by atoms with Gasteiger partial charge in [-0.15, -0.1) is 0 Å². The molecule has 0 atom stereocenters. The number of nitro benzene ring substituents is 1. The smallest absolute Gasteiger partial charge is 0.270 e. The predicted octanol–water partition coefficient (Wildman–Crippen LogP) is 2.15. The van der Waals surface area contributed by atoms with Crippen molar-refractivity contribution < 1.29 is 14.8 Å². The minimum Gasteiger partial charge on any atom is -0.394 e. The van der Waals surface area contributed by atoms with Gasteiger partial charge in [-0.1, -0.05) is 0 Å². The summed E-state index contributed by atoms with van der Waals surface area (Å²) in [5.41, 5.74) is 0.482. The van der Waals surface area contributed by atoms with Crippen molar-refractivity contribution in [1.82, 2.24) is 0 Å². The Morgan fingerprint density at radius 2 is 2.16 bits per heavy atom. The first-order valence-corrected chi connectivity index (χ1v) is 7.05. The summed E-state index contributed by atoms with van der Waals surface area (Å²) in [6.07, 6.45) is 1.44. The molecule has 104 valence electrons. The van der Waals surface area contributed by atoms with Crippen molar-refractivity contribution in [2.75, 3.05) is 25.1 Å². The number of rotatable bonds is 4. The number of nitrogens with one attached hydrogen (secondary N) is 1. The molecule has 2 N–H and O–H groups in total. The van der Waals surface area contributed by atoms with Gasteiger partial charge in [-0.3, -0.25) is 10.1 Å². The van der Waals surface area contributed by atoms with E-state index in [-0.39, 0.29) is 12.3 Å². The molecule has 0 radical (unpaired) electrons. The Morgan fingerprint density at radius 1 is 1.47 bits per heavy atom. The Labute approximate surface area is 124 Å². The first kappa shape index (κ1) is 14.5. The number of nitrogens with zero attached hydrogens (tertiary/aromatic N) is 1. The number of hydrogen-bond acceptors (Lipinski definition) is 5. The second-order valence-electron chi connectivity index (χ2n) is 4.60. The zero-order valence-electron chi connectivity index (χ0n) is 10.3. The van der Waals surface area contributed by atoms with Crippen molar-refractivity contribution >= 4 is 34.0 Å². The highest BCUT2D eigenvalue weighted by molar-refractivity contribution is 14.1. The highest BCUT2D eigenvalue weighted by Crippen LogP contribution is 2.30. The van der Waals surface area contributed by atoms with Gasteiger partial charge in [-0.2, -0.15) is 0 Å². The summed E-state index contributed by atoms with van der Waals surface area (Å²) in [5, 5.41) is 23.6. The summed E-state index contributed by atoms with van der Waals surface area (Å²) >= 11 is 2.06. The van der Waals surface area contributed by atoms with Gasteiger partial charge in [0.25, 0.3) is 5.69 Å². The number of benzene rings is 1. The van der Waals surface area contributed by atoms with Crippen molar-refractivity contribution in [3.05, 3.63) is 31.9 Å². The molecule has 6 nitrogen and oxygen atoms in total. The van der Waals surface area contributed by atoms with Crippen LogP contribution in [0.5, 0.6) is 0 Å². The van der Waals surface area contributed by atoms with Crippen LogP contribution in [0.2, 0.25) is 0 Å². The Hall–Kier alpha value is -0.930. The maximum absolute atomic E-state index is 10.7. The molecule has 1 aromatic carbocycles. The Kier molecular flexibility index (Phi) is 4.58. The molecule has 0 aromatic heterocycles. The van der Waals surface area contributed by atoms with E-state index in [1.54, 1.807) is 6.07 Å². The third kappa shape index (κ3) is 3.34. The SMILES string of the molecule is O=[N+]([O-])c1ccc(NC2(CO)CCOCC2)c(I)c1. The van der Waals surface area contributed by atoms with Crippen molar-refractivity contribution in [1.29, 1.82) is 0 Å². The predicted molar refractivity (Wildman–Crippen MR) is 79.3 cm³/mol. The lowest BCUT2D eigenvalue weighted by molar-refractivity contribution is -0.384. The van der Waals surface area contributed by atoms with Gasteiger partial charge < -0.3 is 15.2 Å². The van der Waals surface area contributed by atoms with E-state index in [9.17, 15) is 15.2 Å². The number of halogens is 1. The molecule has 0 unspecified atom stereocenters. The number of hydrogen-bond donors (Lipinski definition) is 2. The summed E-state index contributed by atoms with van der Waals surface area (Å²) in [6.45, 7) is 1.23. The summed E-state index contributed by atoms with van der Waals surface area (Å²) in [6, 6.07) is 4.68. The van der Waals surface area contributed by atoms with Crippen LogP contribution in [0.4, 0.5) is 11.4 Å². The quantitative estimate of drug-likeness (QED) is 0.477. The van der Waals surface area contributed by atoms with E-state index in [2.05, 4.69) is 27.9 Å². The summed E-state index contributed by atoms with van der Waals surface area (Å²) < 4.78 is 6.07. The third-order valence-corrected chi connectivity index (χ3v) is 4.21. The number of aliphatic hydroxyl groups is 1. The summed E-state index contributed by atoms with van der Waals surface area (Å²) in [4.78, 5) is 10.3. The highest BCUT2D eigenvalue weighted by Gasteiger charge is 2.32. The fraction of sp³-hybridized carbons (Fsp3) is 0.500. The molecule has 19 heavy (non-hydrogen) atoms. The molecule has 1 saturated heterocycles. The van der Waals surface area contributed by atoms with Crippen molar-refractivity contribution in [2.45, 2.75) is 18.4 Å². The van der Waals surface area contributed by atoms with Crippen LogP contribution < -0.4 is 5.32 Å². The average Bonchev–Trinajstić information content (AvgIpc) is 2.42. The van der Waals surface area contributed by atoms with Gasteiger partial charge in [-0.25, -0.2) is 0 Å². The zero-order valence-corrected chi connectivity index (χ0v) is 12.4. The second kappa shape index (κ2) is 6.02.